The van der Waals surface area contributed by atoms with Crippen molar-refractivity contribution < 1.29 is 23.1 Å². The van der Waals surface area contributed by atoms with Crippen molar-refractivity contribution in [1.29, 1.82) is 0 Å². The molecule has 1 atom stereocenters. The summed E-state index contributed by atoms with van der Waals surface area (Å²) in [6.45, 7) is 3.76. The average molecular weight is 327 g/mol. The second-order valence-electron chi connectivity index (χ2n) is 5.64. The summed E-state index contributed by atoms with van der Waals surface area (Å²) in [4.78, 5) is 23.3. The highest BCUT2D eigenvalue weighted by Crippen LogP contribution is 2.16. The number of benzene rings is 1. The van der Waals surface area contributed by atoms with Gasteiger partial charge in [-0.15, -0.1) is 0 Å². The van der Waals surface area contributed by atoms with Crippen LogP contribution in [0.4, 0.5) is 0 Å². The standard InChI is InChI=1S/C15H21NO5S/c1-10(2)8-11(15(18)19)9-16-14(17)12-6-4-5-7-13(12)22(3,20)21/h4-7,10-11H,8-9H2,1-3H3,(H,16,17)(H,18,19). The van der Waals surface area contributed by atoms with E-state index in [-0.39, 0.29) is 22.9 Å². The smallest absolute Gasteiger partial charge is 0.308 e. The summed E-state index contributed by atoms with van der Waals surface area (Å²) in [6, 6.07) is 5.86. The van der Waals surface area contributed by atoms with Crippen LogP contribution in [0.2, 0.25) is 0 Å². The number of carbonyl (C=O) groups excluding carboxylic acids is 1. The summed E-state index contributed by atoms with van der Waals surface area (Å²) in [6.07, 6.45) is 1.46. The fourth-order valence-electron chi connectivity index (χ4n) is 2.13. The lowest BCUT2D eigenvalue weighted by Crippen LogP contribution is -2.34. The quantitative estimate of drug-likeness (QED) is 0.791. The van der Waals surface area contributed by atoms with E-state index in [0.717, 1.165) is 6.26 Å². The Morgan fingerprint density at radius 3 is 2.32 bits per heavy atom. The van der Waals surface area contributed by atoms with Crippen molar-refractivity contribution in [2.24, 2.45) is 11.8 Å². The number of nitrogens with one attached hydrogen (secondary N) is 1. The number of carbonyl (C=O) groups is 2. The molecule has 0 aliphatic heterocycles. The lowest BCUT2D eigenvalue weighted by atomic mass is 9.97. The van der Waals surface area contributed by atoms with E-state index in [1.807, 2.05) is 13.8 Å². The van der Waals surface area contributed by atoms with Crippen LogP contribution in [0.15, 0.2) is 29.2 Å². The van der Waals surface area contributed by atoms with Gasteiger partial charge in [0.25, 0.3) is 5.91 Å². The molecule has 0 saturated carbocycles. The maximum atomic E-state index is 12.2. The molecule has 1 aromatic rings. The van der Waals surface area contributed by atoms with Crippen molar-refractivity contribution in [2.45, 2.75) is 25.2 Å². The maximum Gasteiger partial charge on any atom is 0.308 e. The molecule has 0 aliphatic rings. The van der Waals surface area contributed by atoms with Crippen molar-refractivity contribution in [1.82, 2.24) is 5.32 Å². The van der Waals surface area contributed by atoms with Gasteiger partial charge in [0.05, 0.1) is 16.4 Å². The first-order valence-corrected chi connectivity index (χ1v) is 8.82. The van der Waals surface area contributed by atoms with Crippen LogP contribution in [-0.4, -0.2) is 38.2 Å². The summed E-state index contributed by atoms with van der Waals surface area (Å²) in [5.41, 5.74) is 0.0266. The number of amides is 1. The molecule has 2 N–H and O–H groups in total. The molecule has 0 saturated heterocycles. The van der Waals surface area contributed by atoms with Gasteiger partial charge in [0.1, 0.15) is 0 Å². The van der Waals surface area contributed by atoms with Crippen molar-refractivity contribution in [3.63, 3.8) is 0 Å². The van der Waals surface area contributed by atoms with Crippen molar-refractivity contribution in [3.8, 4) is 0 Å². The van der Waals surface area contributed by atoms with Crippen LogP contribution in [0, 0.1) is 11.8 Å². The molecule has 122 valence electrons. The average Bonchev–Trinajstić information content (AvgIpc) is 2.41. The zero-order valence-electron chi connectivity index (χ0n) is 12.9. The molecule has 0 heterocycles. The highest BCUT2D eigenvalue weighted by molar-refractivity contribution is 7.90. The van der Waals surface area contributed by atoms with E-state index in [1.165, 1.54) is 18.2 Å². The topological polar surface area (TPSA) is 101 Å². The van der Waals surface area contributed by atoms with E-state index >= 15 is 0 Å². The number of rotatable bonds is 7. The highest BCUT2D eigenvalue weighted by Gasteiger charge is 2.22. The zero-order chi connectivity index (χ0) is 16.9. The van der Waals surface area contributed by atoms with Crippen LogP contribution < -0.4 is 5.32 Å². The Hall–Kier alpha value is -1.89. The monoisotopic (exact) mass is 327 g/mol. The molecule has 7 heteroatoms. The summed E-state index contributed by atoms with van der Waals surface area (Å²) < 4.78 is 23.4. The van der Waals surface area contributed by atoms with Gasteiger partial charge in [0.2, 0.25) is 0 Å². The van der Waals surface area contributed by atoms with Gasteiger partial charge in [-0.25, -0.2) is 8.42 Å². The van der Waals surface area contributed by atoms with E-state index in [1.54, 1.807) is 6.07 Å². The van der Waals surface area contributed by atoms with Gasteiger partial charge in [0, 0.05) is 12.8 Å². The minimum absolute atomic E-state index is 0.0266. The van der Waals surface area contributed by atoms with Crippen LogP contribution >= 0.6 is 0 Å². The summed E-state index contributed by atoms with van der Waals surface area (Å²) in [7, 11) is -3.53. The predicted molar refractivity (Wildman–Crippen MR) is 82.5 cm³/mol. The Balaban J connectivity index is 2.88. The van der Waals surface area contributed by atoms with Gasteiger partial charge in [0.15, 0.2) is 9.84 Å². The van der Waals surface area contributed by atoms with Gasteiger partial charge in [-0.05, 0) is 24.5 Å². The number of hydrogen-bond acceptors (Lipinski definition) is 4. The van der Waals surface area contributed by atoms with Crippen LogP contribution in [-0.2, 0) is 14.6 Å². The molecule has 22 heavy (non-hydrogen) atoms. The molecule has 1 unspecified atom stereocenters. The minimum Gasteiger partial charge on any atom is -0.481 e. The maximum absolute atomic E-state index is 12.2. The lowest BCUT2D eigenvalue weighted by molar-refractivity contribution is -0.142. The number of sulfone groups is 1. The third-order valence-corrected chi connectivity index (χ3v) is 4.30. The van der Waals surface area contributed by atoms with E-state index in [4.69, 9.17) is 5.11 Å². The third kappa shape index (κ3) is 5.14. The number of carboxylic acid groups (broad SMARTS) is 1. The Labute approximate surface area is 130 Å². The largest absolute Gasteiger partial charge is 0.481 e. The first-order chi connectivity index (χ1) is 10.1. The van der Waals surface area contributed by atoms with Crippen molar-refractivity contribution >= 4 is 21.7 Å². The molecule has 0 bridgehead atoms. The molecule has 1 amide bonds. The van der Waals surface area contributed by atoms with Crippen LogP contribution in [0.25, 0.3) is 0 Å². The van der Waals surface area contributed by atoms with Gasteiger partial charge in [-0.2, -0.15) is 0 Å². The fourth-order valence-corrected chi connectivity index (χ4v) is 3.02. The second-order valence-corrected chi connectivity index (χ2v) is 7.63. The van der Waals surface area contributed by atoms with E-state index < -0.39 is 27.6 Å². The number of carboxylic acids is 1. The first kappa shape index (κ1) is 18.2. The van der Waals surface area contributed by atoms with Crippen LogP contribution in [0.1, 0.15) is 30.6 Å². The van der Waals surface area contributed by atoms with Crippen molar-refractivity contribution in [2.75, 3.05) is 12.8 Å². The minimum atomic E-state index is -3.53. The molecule has 0 aromatic heterocycles. The molecule has 1 aromatic carbocycles. The Bertz CT molecular complexity index is 652. The zero-order valence-corrected chi connectivity index (χ0v) is 13.7. The molecule has 0 aliphatic carbocycles. The first-order valence-electron chi connectivity index (χ1n) is 6.93. The highest BCUT2D eigenvalue weighted by atomic mass is 32.2. The normalized spacial score (nSPS) is 12.9. The summed E-state index contributed by atoms with van der Waals surface area (Å²) >= 11 is 0. The van der Waals surface area contributed by atoms with E-state index in [9.17, 15) is 18.0 Å². The number of aliphatic carboxylic acids is 1. The van der Waals surface area contributed by atoms with E-state index in [2.05, 4.69) is 5.32 Å². The van der Waals surface area contributed by atoms with Crippen molar-refractivity contribution in [3.05, 3.63) is 29.8 Å². The molecule has 0 spiro atoms. The molecular weight excluding hydrogens is 306 g/mol. The number of hydrogen-bond donors (Lipinski definition) is 2. The molecular formula is C15H21NO5S. The molecule has 6 nitrogen and oxygen atoms in total. The second kappa shape index (κ2) is 7.40. The Morgan fingerprint density at radius 2 is 1.82 bits per heavy atom. The van der Waals surface area contributed by atoms with Gasteiger partial charge < -0.3 is 10.4 Å². The fraction of sp³-hybridized carbons (Fsp3) is 0.467. The third-order valence-electron chi connectivity index (χ3n) is 3.15. The molecule has 0 radical (unpaired) electrons. The Kier molecular flexibility index (Phi) is 6.11. The SMILES string of the molecule is CC(C)CC(CNC(=O)c1ccccc1S(C)(=O)=O)C(=O)O. The van der Waals surface area contributed by atoms with E-state index in [0.29, 0.717) is 6.42 Å². The van der Waals surface area contributed by atoms with Gasteiger partial charge in [-0.3, -0.25) is 9.59 Å². The Morgan fingerprint density at radius 1 is 1.23 bits per heavy atom. The van der Waals surface area contributed by atoms with Gasteiger partial charge >= 0.3 is 5.97 Å². The lowest BCUT2D eigenvalue weighted by Gasteiger charge is -2.16. The molecule has 0 fully saturated rings. The van der Waals surface area contributed by atoms with Crippen LogP contribution in [0.3, 0.4) is 0 Å². The summed E-state index contributed by atoms with van der Waals surface area (Å²) in [5, 5.41) is 11.7. The molecule has 1 rings (SSSR count). The van der Waals surface area contributed by atoms with Crippen LogP contribution in [0.5, 0.6) is 0 Å². The summed E-state index contributed by atoms with van der Waals surface area (Å²) in [5.74, 6) is -2.09. The van der Waals surface area contributed by atoms with Gasteiger partial charge in [-0.1, -0.05) is 26.0 Å². The predicted octanol–water partition coefficient (Wildman–Crippen LogP) is 1.57.